The quantitative estimate of drug-likeness (QED) is 0.758. The van der Waals surface area contributed by atoms with Gasteiger partial charge in [-0.3, -0.25) is 4.79 Å². The first-order valence-electron chi connectivity index (χ1n) is 6.88. The fraction of sp³-hybridized carbons (Fsp3) is 0.467. The predicted molar refractivity (Wildman–Crippen MR) is 81.2 cm³/mol. The van der Waals surface area contributed by atoms with Gasteiger partial charge in [-0.1, -0.05) is 13.8 Å². The Balaban J connectivity index is 2.78. The molecule has 0 spiro atoms. The average Bonchev–Trinajstić information content (AvgIpc) is 2.46. The molecule has 0 heterocycles. The molecule has 1 aromatic rings. The summed E-state index contributed by atoms with van der Waals surface area (Å²) in [5, 5.41) is 11.3. The number of amides is 1. The molecule has 1 rings (SSSR count). The largest absolute Gasteiger partial charge is 0.478 e. The third-order valence-electron chi connectivity index (χ3n) is 3.18. The van der Waals surface area contributed by atoms with Crippen molar-refractivity contribution in [2.24, 2.45) is 0 Å². The number of carboxylic acids is 1. The van der Waals surface area contributed by atoms with Crippen molar-refractivity contribution in [2.45, 2.75) is 49.8 Å². The lowest BCUT2D eigenvalue weighted by molar-refractivity contribution is -0.121. The predicted octanol–water partition coefficient (Wildman–Crippen LogP) is 3.31. The molecule has 116 valence electrons. The lowest BCUT2D eigenvalue weighted by atomic mass is 10.2. The van der Waals surface area contributed by atoms with E-state index in [9.17, 15) is 14.0 Å². The number of benzene rings is 1. The Bertz CT molecular complexity index is 518. The molecule has 0 radical (unpaired) electrons. The molecule has 0 aliphatic heterocycles. The van der Waals surface area contributed by atoms with Crippen molar-refractivity contribution in [1.29, 1.82) is 0 Å². The first kappa shape index (κ1) is 17.5. The number of carbonyl (C=O) groups excluding carboxylic acids is 1. The van der Waals surface area contributed by atoms with Gasteiger partial charge in [-0.05, 0) is 38.0 Å². The summed E-state index contributed by atoms with van der Waals surface area (Å²) in [5.74, 6) is -1.81. The molecule has 0 fully saturated rings. The molecule has 21 heavy (non-hydrogen) atoms. The number of carboxylic acid groups (broad SMARTS) is 1. The topological polar surface area (TPSA) is 66.4 Å². The van der Waals surface area contributed by atoms with Crippen LogP contribution in [0.1, 0.15) is 44.0 Å². The number of hydrogen-bond donors (Lipinski definition) is 2. The molecule has 4 nitrogen and oxygen atoms in total. The Morgan fingerprint density at radius 2 is 1.95 bits per heavy atom. The molecule has 1 unspecified atom stereocenters. The van der Waals surface area contributed by atoms with E-state index < -0.39 is 17.0 Å². The molecule has 0 saturated carbocycles. The highest BCUT2D eigenvalue weighted by atomic mass is 32.2. The number of carbonyl (C=O) groups is 2. The Morgan fingerprint density at radius 1 is 1.33 bits per heavy atom. The van der Waals surface area contributed by atoms with Crippen molar-refractivity contribution in [3.63, 3.8) is 0 Å². The number of thioether (sulfide) groups is 1. The van der Waals surface area contributed by atoms with Crippen LogP contribution in [-0.2, 0) is 4.79 Å². The van der Waals surface area contributed by atoms with Gasteiger partial charge in [0.25, 0.3) is 0 Å². The molecular weight excluding hydrogens is 293 g/mol. The van der Waals surface area contributed by atoms with Gasteiger partial charge in [-0.2, -0.15) is 0 Å². The zero-order valence-electron chi connectivity index (χ0n) is 12.4. The Hall–Kier alpha value is -1.56. The minimum Gasteiger partial charge on any atom is -0.478 e. The maximum atomic E-state index is 13.7. The van der Waals surface area contributed by atoms with Crippen LogP contribution in [0.5, 0.6) is 0 Å². The van der Waals surface area contributed by atoms with Gasteiger partial charge < -0.3 is 10.4 Å². The van der Waals surface area contributed by atoms with E-state index in [2.05, 4.69) is 5.32 Å². The van der Waals surface area contributed by atoms with E-state index in [1.807, 2.05) is 13.8 Å². The second-order valence-corrected chi connectivity index (χ2v) is 6.12. The molecule has 0 aromatic heterocycles. The van der Waals surface area contributed by atoms with Crippen LogP contribution in [0.15, 0.2) is 23.1 Å². The summed E-state index contributed by atoms with van der Waals surface area (Å²) in [6.07, 6.45) is 1.67. The molecule has 1 atom stereocenters. The van der Waals surface area contributed by atoms with Gasteiger partial charge in [0.1, 0.15) is 5.82 Å². The second-order valence-electron chi connectivity index (χ2n) is 4.73. The summed E-state index contributed by atoms with van der Waals surface area (Å²) in [4.78, 5) is 23.1. The monoisotopic (exact) mass is 313 g/mol. The standard InChI is InChI=1S/C15H20FNO3S/c1-4-11(5-2)17-14(18)9(3)21-13-8-10(15(19)20)6-7-12(13)16/h6-9,11H,4-5H2,1-3H3,(H,17,18)(H,19,20). The van der Waals surface area contributed by atoms with E-state index in [1.54, 1.807) is 6.92 Å². The third-order valence-corrected chi connectivity index (χ3v) is 4.32. The number of rotatable bonds is 7. The van der Waals surface area contributed by atoms with Crippen molar-refractivity contribution >= 4 is 23.6 Å². The van der Waals surface area contributed by atoms with E-state index in [0.29, 0.717) is 0 Å². The zero-order valence-corrected chi connectivity index (χ0v) is 13.2. The van der Waals surface area contributed by atoms with E-state index in [4.69, 9.17) is 5.11 Å². The van der Waals surface area contributed by atoms with Crippen LogP contribution in [-0.4, -0.2) is 28.3 Å². The maximum absolute atomic E-state index is 13.7. The van der Waals surface area contributed by atoms with Gasteiger partial charge in [0.2, 0.25) is 5.91 Å². The molecule has 0 bridgehead atoms. The number of nitrogens with one attached hydrogen (secondary N) is 1. The van der Waals surface area contributed by atoms with E-state index >= 15 is 0 Å². The van der Waals surface area contributed by atoms with Crippen molar-refractivity contribution in [3.05, 3.63) is 29.6 Å². The highest BCUT2D eigenvalue weighted by Crippen LogP contribution is 2.27. The highest BCUT2D eigenvalue weighted by molar-refractivity contribution is 8.00. The fourth-order valence-electron chi connectivity index (χ4n) is 1.78. The lowest BCUT2D eigenvalue weighted by Crippen LogP contribution is -2.38. The Kier molecular flexibility index (Phi) is 6.68. The Morgan fingerprint density at radius 3 is 2.48 bits per heavy atom. The number of hydrogen-bond acceptors (Lipinski definition) is 3. The zero-order chi connectivity index (χ0) is 16.0. The molecule has 0 saturated heterocycles. The van der Waals surface area contributed by atoms with Crippen molar-refractivity contribution in [2.75, 3.05) is 0 Å². The number of halogens is 1. The molecule has 2 N–H and O–H groups in total. The SMILES string of the molecule is CCC(CC)NC(=O)C(C)Sc1cc(C(=O)O)ccc1F. The van der Waals surface area contributed by atoms with Gasteiger partial charge in [0, 0.05) is 10.9 Å². The Labute approximate surface area is 128 Å². The summed E-state index contributed by atoms with van der Waals surface area (Å²) >= 11 is 1.02. The highest BCUT2D eigenvalue weighted by Gasteiger charge is 2.19. The molecule has 6 heteroatoms. The first-order chi connectivity index (χ1) is 9.88. The molecular formula is C15H20FNO3S. The van der Waals surface area contributed by atoms with E-state index in [-0.39, 0.29) is 22.4 Å². The van der Waals surface area contributed by atoms with Crippen molar-refractivity contribution < 1.29 is 19.1 Å². The van der Waals surface area contributed by atoms with Crippen molar-refractivity contribution in [3.8, 4) is 0 Å². The van der Waals surface area contributed by atoms with E-state index in [0.717, 1.165) is 30.7 Å². The minimum absolute atomic E-state index is 0.00602. The van der Waals surface area contributed by atoms with Gasteiger partial charge in [0.05, 0.1) is 10.8 Å². The van der Waals surface area contributed by atoms with Gasteiger partial charge in [-0.15, -0.1) is 11.8 Å². The van der Waals surface area contributed by atoms with Crippen LogP contribution < -0.4 is 5.32 Å². The van der Waals surface area contributed by atoms with Crippen LogP contribution in [0.4, 0.5) is 4.39 Å². The van der Waals surface area contributed by atoms with Crippen LogP contribution in [0, 0.1) is 5.82 Å². The molecule has 1 aromatic carbocycles. The fourth-order valence-corrected chi connectivity index (χ4v) is 2.71. The first-order valence-corrected chi connectivity index (χ1v) is 7.76. The van der Waals surface area contributed by atoms with Gasteiger partial charge >= 0.3 is 5.97 Å². The summed E-state index contributed by atoms with van der Waals surface area (Å²) in [6.45, 7) is 5.65. The number of aromatic carboxylic acids is 1. The van der Waals surface area contributed by atoms with E-state index in [1.165, 1.54) is 12.1 Å². The van der Waals surface area contributed by atoms with Crippen LogP contribution >= 0.6 is 11.8 Å². The smallest absolute Gasteiger partial charge is 0.335 e. The van der Waals surface area contributed by atoms with Gasteiger partial charge in [0.15, 0.2) is 0 Å². The molecule has 0 aliphatic rings. The summed E-state index contributed by atoms with van der Waals surface area (Å²) in [7, 11) is 0. The normalized spacial score (nSPS) is 12.2. The van der Waals surface area contributed by atoms with Crippen LogP contribution in [0.2, 0.25) is 0 Å². The third kappa shape index (κ3) is 5.04. The average molecular weight is 313 g/mol. The van der Waals surface area contributed by atoms with Crippen molar-refractivity contribution in [1.82, 2.24) is 5.32 Å². The lowest BCUT2D eigenvalue weighted by Gasteiger charge is -2.18. The summed E-state index contributed by atoms with van der Waals surface area (Å²) in [6, 6.07) is 3.67. The van der Waals surface area contributed by atoms with Gasteiger partial charge in [-0.25, -0.2) is 9.18 Å². The molecule has 0 aliphatic carbocycles. The summed E-state index contributed by atoms with van der Waals surface area (Å²) < 4.78 is 13.7. The van der Waals surface area contributed by atoms with Crippen LogP contribution in [0.25, 0.3) is 0 Å². The second kappa shape index (κ2) is 8.02. The van der Waals surface area contributed by atoms with Crippen LogP contribution in [0.3, 0.4) is 0 Å². The maximum Gasteiger partial charge on any atom is 0.335 e. The molecule has 1 amide bonds. The summed E-state index contributed by atoms with van der Waals surface area (Å²) in [5.41, 5.74) is 0.00602. The minimum atomic E-state index is -1.12.